The van der Waals surface area contributed by atoms with Crippen molar-refractivity contribution in [1.29, 1.82) is 0 Å². The molecule has 0 N–H and O–H groups in total. The first-order chi connectivity index (χ1) is 9.63. The first kappa shape index (κ1) is 17.9. The summed E-state index contributed by atoms with van der Waals surface area (Å²) in [5, 5.41) is 0.263. The normalized spacial score (nSPS) is 12.9. The van der Waals surface area contributed by atoms with E-state index in [4.69, 9.17) is 4.43 Å². The zero-order valence-corrected chi connectivity index (χ0v) is 15.2. The standard InChI is InChI=1S/C18H28O2Si/c1-15(19)17-12-10-16(11-13-17)9-7-8-14-20-21(5,6)18(2,3)4/h7,9-13H,8,14H2,1-6H3/b9-7+. The third kappa shape index (κ3) is 5.60. The first-order valence-corrected chi connectivity index (χ1v) is 10.5. The average molecular weight is 305 g/mol. The molecule has 1 aromatic carbocycles. The number of Topliss-reactive ketones (excluding diaryl/α,β-unsaturated/α-hetero) is 1. The van der Waals surface area contributed by atoms with Gasteiger partial charge in [-0.3, -0.25) is 4.79 Å². The Hall–Kier alpha value is -1.19. The van der Waals surface area contributed by atoms with Crippen LogP contribution in [0.2, 0.25) is 18.1 Å². The predicted octanol–water partition coefficient (Wildman–Crippen LogP) is 5.31. The van der Waals surface area contributed by atoms with Gasteiger partial charge in [-0.25, -0.2) is 0 Å². The smallest absolute Gasteiger partial charge is 0.191 e. The van der Waals surface area contributed by atoms with Gasteiger partial charge >= 0.3 is 0 Å². The number of carbonyl (C=O) groups excluding carboxylic acids is 1. The van der Waals surface area contributed by atoms with E-state index in [9.17, 15) is 4.79 Å². The average Bonchev–Trinajstić information content (AvgIpc) is 2.37. The van der Waals surface area contributed by atoms with Crippen LogP contribution in [0.1, 0.15) is 50.0 Å². The molecule has 0 amide bonds. The van der Waals surface area contributed by atoms with E-state index in [0.717, 1.165) is 24.2 Å². The molecule has 1 aromatic rings. The van der Waals surface area contributed by atoms with Crippen molar-refractivity contribution in [2.45, 2.75) is 52.2 Å². The quantitative estimate of drug-likeness (QED) is 0.404. The van der Waals surface area contributed by atoms with Gasteiger partial charge < -0.3 is 4.43 Å². The van der Waals surface area contributed by atoms with Crippen LogP contribution in [0.5, 0.6) is 0 Å². The Morgan fingerprint density at radius 2 is 1.76 bits per heavy atom. The van der Waals surface area contributed by atoms with Crippen molar-refractivity contribution in [1.82, 2.24) is 0 Å². The highest BCUT2D eigenvalue weighted by molar-refractivity contribution is 6.74. The number of ketones is 1. The Morgan fingerprint density at radius 1 is 1.19 bits per heavy atom. The zero-order chi connectivity index (χ0) is 16.1. The van der Waals surface area contributed by atoms with Gasteiger partial charge in [0, 0.05) is 12.2 Å². The van der Waals surface area contributed by atoms with Gasteiger partial charge in [-0.15, -0.1) is 0 Å². The maximum Gasteiger partial charge on any atom is 0.191 e. The molecule has 0 unspecified atom stereocenters. The molecular formula is C18H28O2Si. The van der Waals surface area contributed by atoms with E-state index in [2.05, 4.69) is 46.0 Å². The lowest BCUT2D eigenvalue weighted by Gasteiger charge is -2.36. The van der Waals surface area contributed by atoms with Gasteiger partial charge in [0.05, 0.1) is 0 Å². The van der Waals surface area contributed by atoms with Gasteiger partial charge in [0.2, 0.25) is 0 Å². The van der Waals surface area contributed by atoms with Crippen LogP contribution in [0.25, 0.3) is 6.08 Å². The molecule has 0 aromatic heterocycles. The van der Waals surface area contributed by atoms with Crippen LogP contribution in [-0.4, -0.2) is 20.7 Å². The third-order valence-electron chi connectivity index (χ3n) is 4.18. The first-order valence-electron chi connectivity index (χ1n) is 7.55. The Kier molecular flexibility index (Phi) is 6.11. The Morgan fingerprint density at radius 3 is 2.24 bits per heavy atom. The van der Waals surface area contributed by atoms with Crippen LogP contribution in [0.15, 0.2) is 30.3 Å². The second kappa shape index (κ2) is 7.19. The minimum absolute atomic E-state index is 0.105. The summed E-state index contributed by atoms with van der Waals surface area (Å²) >= 11 is 0. The van der Waals surface area contributed by atoms with Crippen LogP contribution in [-0.2, 0) is 4.43 Å². The van der Waals surface area contributed by atoms with Gasteiger partial charge in [-0.2, -0.15) is 0 Å². The van der Waals surface area contributed by atoms with E-state index in [1.807, 2.05) is 24.3 Å². The summed E-state index contributed by atoms with van der Waals surface area (Å²) < 4.78 is 6.13. The Labute approximate surface area is 130 Å². The second-order valence-electron chi connectivity index (χ2n) is 6.98. The molecule has 0 spiro atoms. The lowest BCUT2D eigenvalue weighted by Crippen LogP contribution is -2.40. The molecular weight excluding hydrogens is 276 g/mol. The van der Waals surface area contributed by atoms with Crippen LogP contribution < -0.4 is 0 Å². The Balaban J connectivity index is 2.44. The zero-order valence-electron chi connectivity index (χ0n) is 14.2. The molecule has 0 heterocycles. The minimum Gasteiger partial charge on any atom is -0.417 e. The fourth-order valence-electron chi connectivity index (χ4n) is 1.65. The Bertz CT molecular complexity index is 493. The highest BCUT2D eigenvalue weighted by Gasteiger charge is 2.36. The SMILES string of the molecule is CC(=O)c1ccc(/C=C/CCO[Si](C)(C)C(C)(C)C)cc1. The van der Waals surface area contributed by atoms with Crippen LogP contribution in [0, 0.1) is 0 Å². The van der Waals surface area contributed by atoms with E-state index in [0.29, 0.717) is 0 Å². The van der Waals surface area contributed by atoms with Crippen LogP contribution in [0.4, 0.5) is 0 Å². The monoisotopic (exact) mass is 304 g/mol. The van der Waals surface area contributed by atoms with Gasteiger partial charge in [0.25, 0.3) is 0 Å². The molecule has 1 rings (SSSR count). The fraction of sp³-hybridized carbons (Fsp3) is 0.500. The molecule has 0 fully saturated rings. The van der Waals surface area contributed by atoms with E-state index in [-0.39, 0.29) is 10.8 Å². The molecule has 3 heteroatoms. The summed E-state index contributed by atoms with van der Waals surface area (Å²) in [6.45, 7) is 13.7. The maximum absolute atomic E-state index is 11.2. The lowest BCUT2D eigenvalue weighted by atomic mass is 10.1. The number of rotatable bonds is 6. The molecule has 0 aliphatic rings. The van der Waals surface area contributed by atoms with E-state index in [1.54, 1.807) is 6.92 Å². The summed E-state index contributed by atoms with van der Waals surface area (Å²) in [6, 6.07) is 7.69. The van der Waals surface area contributed by atoms with Gasteiger partial charge in [0.15, 0.2) is 14.1 Å². The minimum atomic E-state index is -1.63. The van der Waals surface area contributed by atoms with Gasteiger partial charge in [-0.05, 0) is 37.0 Å². The van der Waals surface area contributed by atoms with Gasteiger partial charge in [-0.1, -0.05) is 57.2 Å². The van der Waals surface area contributed by atoms with Crippen molar-refractivity contribution in [3.63, 3.8) is 0 Å². The van der Waals surface area contributed by atoms with E-state index in [1.165, 1.54) is 0 Å². The third-order valence-corrected chi connectivity index (χ3v) is 8.72. The van der Waals surface area contributed by atoms with E-state index < -0.39 is 8.32 Å². The van der Waals surface area contributed by atoms with Crippen molar-refractivity contribution in [2.24, 2.45) is 0 Å². The molecule has 0 atom stereocenters. The predicted molar refractivity (Wildman–Crippen MR) is 93.2 cm³/mol. The molecule has 0 saturated heterocycles. The van der Waals surface area contributed by atoms with Crippen molar-refractivity contribution in [3.05, 3.63) is 41.5 Å². The summed E-state index contributed by atoms with van der Waals surface area (Å²) in [6.07, 6.45) is 5.13. The summed E-state index contributed by atoms with van der Waals surface area (Å²) in [5.74, 6) is 0.105. The summed E-state index contributed by atoms with van der Waals surface area (Å²) in [7, 11) is -1.63. The topological polar surface area (TPSA) is 26.3 Å². The highest BCUT2D eigenvalue weighted by Crippen LogP contribution is 2.36. The number of hydrogen-bond donors (Lipinski definition) is 0. The molecule has 0 saturated carbocycles. The summed E-state index contributed by atoms with van der Waals surface area (Å²) in [4.78, 5) is 11.2. The molecule has 116 valence electrons. The fourth-order valence-corrected chi connectivity index (χ4v) is 2.71. The number of hydrogen-bond acceptors (Lipinski definition) is 2. The molecule has 21 heavy (non-hydrogen) atoms. The summed E-state index contributed by atoms with van der Waals surface area (Å²) in [5.41, 5.74) is 1.88. The van der Waals surface area contributed by atoms with Crippen molar-refractivity contribution in [3.8, 4) is 0 Å². The molecule has 0 radical (unpaired) electrons. The molecule has 0 aliphatic carbocycles. The van der Waals surface area contributed by atoms with Crippen LogP contribution in [0.3, 0.4) is 0 Å². The van der Waals surface area contributed by atoms with Crippen molar-refractivity contribution >= 4 is 20.2 Å². The largest absolute Gasteiger partial charge is 0.417 e. The lowest BCUT2D eigenvalue weighted by molar-refractivity contribution is 0.101. The molecule has 0 aliphatic heterocycles. The molecule has 0 bridgehead atoms. The van der Waals surface area contributed by atoms with Crippen molar-refractivity contribution in [2.75, 3.05) is 6.61 Å². The number of benzene rings is 1. The van der Waals surface area contributed by atoms with Gasteiger partial charge in [0.1, 0.15) is 0 Å². The maximum atomic E-state index is 11.2. The second-order valence-corrected chi connectivity index (χ2v) is 11.8. The molecule has 2 nitrogen and oxygen atoms in total. The number of carbonyl (C=O) groups is 1. The van der Waals surface area contributed by atoms with Crippen molar-refractivity contribution < 1.29 is 9.22 Å². The highest BCUT2D eigenvalue weighted by atomic mass is 28.4. The van der Waals surface area contributed by atoms with E-state index >= 15 is 0 Å². The van der Waals surface area contributed by atoms with Crippen LogP contribution >= 0.6 is 0 Å².